The number of aromatic nitrogens is 1. The molecule has 0 atom stereocenters. The van der Waals surface area contributed by atoms with Crippen molar-refractivity contribution in [3.63, 3.8) is 0 Å². The van der Waals surface area contributed by atoms with Gasteiger partial charge in [0.1, 0.15) is 6.10 Å². The normalized spacial score (nSPS) is 23.4. The van der Waals surface area contributed by atoms with Crippen LogP contribution in [0.4, 0.5) is 5.69 Å². The number of nitrogens with zero attached hydrogens (tertiary/aromatic N) is 1. The van der Waals surface area contributed by atoms with E-state index < -0.39 is 0 Å². The number of anilines is 1. The molecule has 3 heteroatoms. The van der Waals surface area contributed by atoms with Gasteiger partial charge in [-0.15, -0.1) is 0 Å². The van der Waals surface area contributed by atoms with Crippen LogP contribution in [0.25, 0.3) is 10.8 Å². The number of nitrogen functional groups attached to an aromatic ring is 1. The lowest BCUT2D eigenvalue weighted by atomic mass is 9.89. The average Bonchev–Trinajstić information content (AvgIpc) is 2.43. The molecule has 0 amide bonds. The van der Waals surface area contributed by atoms with Crippen LogP contribution in [0.2, 0.25) is 0 Å². The molecule has 1 aliphatic rings. The molecule has 3 nitrogen and oxygen atoms in total. The first-order valence-electron chi connectivity index (χ1n) is 7.04. The van der Waals surface area contributed by atoms with Gasteiger partial charge in [-0.3, -0.25) is 0 Å². The summed E-state index contributed by atoms with van der Waals surface area (Å²) in [6.07, 6.45) is 6.83. The summed E-state index contributed by atoms with van der Waals surface area (Å²) in [5, 5.41) is 2.04. The minimum absolute atomic E-state index is 0.302. The Morgan fingerprint density at radius 3 is 2.68 bits per heavy atom. The van der Waals surface area contributed by atoms with Gasteiger partial charge in [0.25, 0.3) is 0 Å². The fourth-order valence-electron chi connectivity index (χ4n) is 2.80. The third kappa shape index (κ3) is 2.50. The van der Waals surface area contributed by atoms with Crippen LogP contribution in [0.5, 0.6) is 5.88 Å². The summed E-state index contributed by atoms with van der Waals surface area (Å²) in [5.74, 6) is 1.56. The first-order valence-corrected chi connectivity index (χ1v) is 7.04. The van der Waals surface area contributed by atoms with Crippen molar-refractivity contribution >= 4 is 16.5 Å². The Morgan fingerprint density at radius 1 is 1.11 bits per heavy atom. The topological polar surface area (TPSA) is 48.1 Å². The highest BCUT2D eigenvalue weighted by molar-refractivity contribution is 5.95. The molecule has 1 aromatic heterocycles. The molecule has 2 aromatic rings. The Kier molecular flexibility index (Phi) is 3.28. The standard InChI is InChI=1S/C16H20N2O/c1-11-5-7-12(8-6-11)19-16-14-3-2-4-15(17)13(14)9-10-18-16/h2-4,9-12H,5-8,17H2,1H3. The van der Waals surface area contributed by atoms with E-state index in [-0.39, 0.29) is 0 Å². The van der Waals surface area contributed by atoms with Crippen LogP contribution in [-0.4, -0.2) is 11.1 Å². The quantitative estimate of drug-likeness (QED) is 0.832. The summed E-state index contributed by atoms with van der Waals surface area (Å²) < 4.78 is 6.11. The molecule has 0 unspecified atom stereocenters. The largest absolute Gasteiger partial charge is 0.474 e. The summed E-state index contributed by atoms with van der Waals surface area (Å²) in [4.78, 5) is 4.38. The zero-order chi connectivity index (χ0) is 13.2. The van der Waals surface area contributed by atoms with Crippen LogP contribution in [0.15, 0.2) is 30.5 Å². The number of nitrogens with two attached hydrogens (primary N) is 1. The van der Waals surface area contributed by atoms with Crippen molar-refractivity contribution in [2.24, 2.45) is 5.92 Å². The molecule has 0 spiro atoms. The molecule has 1 aromatic carbocycles. The molecule has 1 fully saturated rings. The van der Waals surface area contributed by atoms with Crippen molar-refractivity contribution in [1.82, 2.24) is 4.98 Å². The minimum atomic E-state index is 0.302. The average molecular weight is 256 g/mol. The number of benzene rings is 1. The van der Waals surface area contributed by atoms with E-state index in [0.717, 1.165) is 41.1 Å². The molecular formula is C16H20N2O. The van der Waals surface area contributed by atoms with E-state index in [4.69, 9.17) is 10.5 Å². The van der Waals surface area contributed by atoms with Gasteiger partial charge in [-0.25, -0.2) is 4.98 Å². The number of ether oxygens (including phenoxy) is 1. The van der Waals surface area contributed by atoms with Gasteiger partial charge in [-0.05, 0) is 49.8 Å². The number of hydrogen-bond acceptors (Lipinski definition) is 3. The van der Waals surface area contributed by atoms with E-state index in [9.17, 15) is 0 Å². The molecule has 0 aliphatic heterocycles. The molecule has 3 rings (SSSR count). The van der Waals surface area contributed by atoms with Crippen LogP contribution < -0.4 is 10.5 Å². The molecule has 100 valence electrons. The van der Waals surface area contributed by atoms with E-state index in [1.54, 1.807) is 6.20 Å². The van der Waals surface area contributed by atoms with Crippen LogP contribution in [-0.2, 0) is 0 Å². The Balaban J connectivity index is 1.87. The minimum Gasteiger partial charge on any atom is -0.474 e. The molecule has 1 saturated carbocycles. The molecule has 19 heavy (non-hydrogen) atoms. The highest BCUT2D eigenvalue weighted by Gasteiger charge is 2.20. The molecule has 0 bridgehead atoms. The maximum Gasteiger partial charge on any atom is 0.221 e. The van der Waals surface area contributed by atoms with Crippen LogP contribution >= 0.6 is 0 Å². The number of rotatable bonds is 2. The highest BCUT2D eigenvalue weighted by Crippen LogP contribution is 2.31. The van der Waals surface area contributed by atoms with Gasteiger partial charge >= 0.3 is 0 Å². The molecule has 1 heterocycles. The second-order valence-corrected chi connectivity index (χ2v) is 5.56. The smallest absolute Gasteiger partial charge is 0.221 e. The van der Waals surface area contributed by atoms with Crippen molar-refractivity contribution in [3.8, 4) is 5.88 Å². The molecule has 2 N–H and O–H groups in total. The maximum atomic E-state index is 6.11. The van der Waals surface area contributed by atoms with Crippen LogP contribution in [0, 0.1) is 5.92 Å². The number of fused-ring (bicyclic) bond motifs is 1. The van der Waals surface area contributed by atoms with Gasteiger partial charge in [0.05, 0.1) is 0 Å². The van der Waals surface area contributed by atoms with Crippen molar-refractivity contribution in [1.29, 1.82) is 0 Å². The van der Waals surface area contributed by atoms with Gasteiger partial charge in [0.2, 0.25) is 5.88 Å². The van der Waals surface area contributed by atoms with Crippen molar-refractivity contribution in [3.05, 3.63) is 30.5 Å². The van der Waals surface area contributed by atoms with Gasteiger partial charge in [0.15, 0.2) is 0 Å². The van der Waals surface area contributed by atoms with Crippen LogP contribution in [0.1, 0.15) is 32.6 Å². The Hall–Kier alpha value is -1.77. The lowest BCUT2D eigenvalue weighted by Crippen LogP contribution is -2.23. The third-order valence-corrected chi connectivity index (χ3v) is 4.04. The molecule has 1 aliphatic carbocycles. The van der Waals surface area contributed by atoms with Crippen molar-refractivity contribution < 1.29 is 4.74 Å². The van der Waals surface area contributed by atoms with E-state index in [0.29, 0.717) is 6.10 Å². The lowest BCUT2D eigenvalue weighted by molar-refractivity contribution is 0.132. The van der Waals surface area contributed by atoms with Gasteiger partial charge < -0.3 is 10.5 Å². The van der Waals surface area contributed by atoms with Gasteiger partial charge in [0, 0.05) is 22.7 Å². The second-order valence-electron chi connectivity index (χ2n) is 5.56. The summed E-state index contributed by atoms with van der Waals surface area (Å²) >= 11 is 0. The molecular weight excluding hydrogens is 236 g/mol. The monoisotopic (exact) mass is 256 g/mol. The van der Waals surface area contributed by atoms with E-state index >= 15 is 0 Å². The summed E-state index contributed by atoms with van der Waals surface area (Å²) in [7, 11) is 0. The first-order chi connectivity index (χ1) is 9.24. The van der Waals surface area contributed by atoms with E-state index in [1.807, 2.05) is 24.3 Å². The number of hydrogen-bond donors (Lipinski definition) is 1. The predicted octanol–water partition coefficient (Wildman–Crippen LogP) is 3.77. The summed E-state index contributed by atoms with van der Waals surface area (Å²) in [6.45, 7) is 2.31. The van der Waals surface area contributed by atoms with Crippen LogP contribution in [0.3, 0.4) is 0 Å². The Morgan fingerprint density at radius 2 is 1.89 bits per heavy atom. The van der Waals surface area contributed by atoms with Gasteiger partial charge in [-0.1, -0.05) is 13.0 Å². The SMILES string of the molecule is CC1CCC(Oc2nccc3c(N)cccc23)CC1. The number of pyridine rings is 1. The fourth-order valence-corrected chi connectivity index (χ4v) is 2.80. The highest BCUT2D eigenvalue weighted by atomic mass is 16.5. The molecule has 0 radical (unpaired) electrons. The van der Waals surface area contributed by atoms with E-state index in [1.165, 1.54) is 12.8 Å². The zero-order valence-corrected chi connectivity index (χ0v) is 11.3. The Bertz CT molecular complexity index is 574. The predicted molar refractivity (Wildman–Crippen MR) is 78.2 cm³/mol. The summed E-state index contributed by atoms with van der Waals surface area (Å²) in [5.41, 5.74) is 6.77. The lowest BCUT2D eigenvalue weighted by Gasteiger charge is -2.26. The van der Waals surface area contributed by atoms with E-state index in [2.05, 4.69) is 11.9 Å². The Labute approximate surface area is 113 Å². The third-order valence-electron chi connectivity index (χ3n) is 4.04. The van der Waals surface area contributed by atoms with Crippen molar-refractivity contribution in [2.45, 2.75) is 38.7 Å². The van der Waals surface area contributed by atoms with Crippen molar-refractivity contribution in [2.75, 3.05) is 5.73 Å². The fraction of sp³-hybridized carbons (Fsp3) is 0.438. The first kappa shape index (κ1) is 12.3. The molecule has 0 saturated heterocycles. The zero-order valence-electron chi connectivity index (χ0n) is 11.3. The van der Waals surface area contributed by atoms with Gasteiger partial charge in [-0.2, -0.15) is 0 Å². The maximum absolute atomic E-state index is 6.11. The summed E-state index contributed by atoms with van der Waals surface area (Å²) in [6, 6.07) is 7.84. The second kappa shape index (κ2) is 5.08.